The molecular formula is C24H36N5O9P. The van der Waals surface area contributed by atoms with Gasteiger partial charge in [0.25, 0.3) is 0 Å². The minimum atomic E-state index is -4.16. The van der Waals surface area contributed by atoms with E-state index in [1.165, 1.54) is 30.8 Å². The Balaban J connectivity index is 2.05. The summed E-state index contributed by atoms with van der Waals surface area (Å²) in [6, 6.07) is 0. The fraction of sp³-hybridized carbons (Fsp3) is 0.625. The first-order chi connectivity index (χ1) is 17.9. The Labute approximate surface area is 226 Å². The Morgan fingerprint density at radius 2 is 1.64 bits per heavy atom. The Kier molecular flexibility index (Phi) is 8.88. The van der Waals surface area contributed by atoms with Gasteiger partial charge in [0.2, 0.25) is 0 Å². The van der Waals surface area contributed by atoms with Crippen LogP contribution in [0.15, 0.2) is 12.9 Å². The molecule has 3 heterocycles. The number of nitrogen functional groups attached to an aromatic ring is 1. The molecule has 2 aromatic heterocycles. The zero-order valence-electron chi connectivity index (χ0n) is 23.4. The van der Waals surface area contributed by atoms with Crippen molar-refractivity contribution in [2.45, 2.75) is 91.1 Å². The van der Waals surface area contributed by atoms with Gasteiger partial charge in [-0.3, -0.25) is 27.7 Å². The van der Waals surface area contributed by atoms with Crippen LogP contribution in [0.25, 0.3) is 17.2 Å². The number of anilines is 1. The zero-order valence-corrected chi connectivity index (χ0v) is 24.3. The Hall–Kier alpha value is -2.90. The molecule has 14 nitrogen and oxygen atoms in total. The van der Waals surface area contributed by atoms with Crippen LogP contribution in [0.5, 0.6) is 0 Å². The molecule has 216 valence electrons. The molecule has 0 aliphatic carbocycles. The molecule has 39 heavy (non-hydrogen) atoms. The molecule has 0 aromatic carbocycles. The number of carbonyl (C=O) groups excluding carboxylic acids is 2. The van der Waals surface area contributed by atoms with Crippen LogP contribution in [0.1, 0.15) is 67.4 Å². The van der Waals surface area contributed by atoms with Crippen LogP contribution in [0.2, 0.25) is 0 Å². The van der Waals surface area contributed by atoms with E-state index in [-0.39, 0.29) is 22.8 Å². The maximum Gasteiger partial charge on any atom is 0.475 e. The van der Waals surface area contributed by atoms with E-state index >= 15 is 0 Å². The predicted molar refractivity (Wildman–Crippen MR) is 140 cm³/mol. The molecule has 0 spiro atoms. The largest absolute Gasteiger partial charge is 0.475 e. The van der Waals surface area contributed by atoms with Crippen LogP contribution in [-0.2, 0) is 41.9 Å². The first kappa shape index (κ1) is 30.6. The smallest absolute Gasteiger partial charge is 0.456 e. The third-order valence-corrected chi connectivity index (χ3v) is 7.04. The Morgan fingerprint density at radius 3 is 2.15 bits per heavy atom. The number of ether oxygens (including phenoxy) is 3. The molecule has 1 fully saturated rings. The molecular weight excluding hydrogens is 533 g/mol. The lowest BCUT2D eigenvalue weighted by molar-refractivity contribution is -0.165. The van der Waals surface area contributed by atoms with Crippen LogP contribution >= 0.6 is 7.82 Å². The summed E-state index contributed by atoms with van der Waals surface area (Å²) in [4.78, 5) is 36.9. The predicted octanol–water partition coefficient (Wildman–Crippen LogP) is 3.57. The number of fused-ring (bicyclic) bond motifs is 1. The van der Waals surface area contributed by atoms with Gasteiger partial charge in [0, 0.05) is 13.8 Å². The molecule has 1 saturated heterocycles. The zero-order chi connectivity index (χ0) is 29.3. The van der Waals surface area contributed by atoms with Crippen molar-refractivity contribution >= 4 is 42.8 Å². The van der Waals surface area contributed by atoms with E-state index in [1.54, 1.807) is 41.5 Å². The molecule has 3 rings (SSSR count). The van der Waals surface area contributed by atoms with Gasteiger partial charge in [0.15, 0.2) is 35.4 Å². The van der Waals surface area contributed by atoms with Crippen molar-refractivity contribution in [1.29, 1.82) is 0 Å². The topological polar surface area (TPSA) is 176 Å². The maximum absolute atomic E-state index is 13.6. The lowest BCUT2D eigenvalue weighted by Crippen LogP contribution is -2.40. The summed E-state index contributed by atoms with van der Waals surface area (Å²) in [5, 5.41) is 0. The molecule has 1 aliphatic heterocycles. The van der Waals surface area contributed by atoms with Gasteiger partial charge in [-0.05, 0) is 47.6 Å². The van der Waals surface area contributed by atoms with Crippen LogP contribution in [-0.4, -0.2) is 67.6 Å². The Bertz CT molecular complexity index is 1260. The van der Waals surface area contributed by atoms with E-state index in [0.717, 1.165) is 0 Å². The number of phosphoric ester groups is 1. The first-order valence-corrected chi connectivity index (χ1v) is 13.7. The van der Waals surface area contributed by atoms with E-state index in [0.29, 0.717) is 0 Å². The number of hydrogen-bond donors (Lipinski definition) is 1. The van der Waals surface area contributed by atoms with E-state index in [4.69, 9.17) is 33.5 Å². The van der Waals surface area contributed by atoms with Gasteiger partial charge in [-0.1, -0.05) is 6.58 Å². The number of imidazole rings is 1. The van der Waals surface area contributed by atoms with Crippen molar-refractivity contribution < 1.29 is 41.9 Å². The van der Waals surface area contributed by atoms with E-state index < -0.39 is 62.1 Å². The lowest BCUT2D eigenvalue weighted by Gasteiger charge is -2.31. The molecule has 1 aliphatic rings. The summed E-state index contributed by atoms with van der Waals surface area (Å²) in [6.07, 6.45) is -1.89. The average molecular weight is 570 g/mol. The highest BCUT2D eigenvalue weighted by Gasteiger charge is 2.52. The number of hydrogen-bond acceptors (Lipinski definition) is 13. The number of rotatable bonds is 9. The molecule has 0 radical (unpaired) electrons. The maximum atomic E-state index is 13.6. The molecule has 0 bridgehead atoms. The summed E-state index contributed by atoms with van der Waals surface area (Å²) >= 11 is 0. The number of esters is 2. The van der Waals surface area contributed by atoms with Crippen molar-refractivity contribution in [2.75, 3.05) is 12.3 Å². The number of nitrogens with zero attached hydrogens (tertiary/aromatic N) is 4. The second kappa shape index (κ2) is 11.3. The van der Waals surface area contributed by atoms with Crippen LogP contribution in [0.4, 0.5) is 5.82 Å². The van der Waals surface area contributed by atoms with Gasteiger partial charge in [-0.15, -0.1) is 0 Å². The highest BCUT2D eigenvalue weighted by Crippen LogP contribution is 2.56. The highest BCUT2D eigenvalue weighted by molar-refractivity contribution is 7.48. The van der Waals surface area contributed by atoms with Crippen molar-refractivity contribution in [1.82, 2.24) is 19.5 Å². The van der Waals surface area contributed by atoms with E-state index in [1.807, 2.05) is 0 Å². The first-order valence-electron chi connectivity index (χ1n) is 12.2. The number of phosphoric acid groups is 1. The summed E-state index contributed by atoms with van der Waals surface area (Å²) in [5.74, 6) is -0.943. The number of nitrogens with two attached hydrogens (primary N) is 1. The molecule has 2 N–H and O–H groups in total. The second-order valence-electron chi connectivity index (χ2n) is 10.8. The van der Waals surface area contributed by atoms with Crippen molar-refractivity contribution in [3.8, 4) is 0 Å². The third-order valence-electron chi connectivity index (χ3n) is 5.03. The quantitative estimate of drug-likeness (QED) is 0.343. The van der Waals surface area contributed by atoms with E-state index in [2.05, 4.69) is 21.5 Å². The standard InChI is InChI=1S/C24H36N5O9P/c1-10-16-28-17-20(25)26-12-27-21(17)29(16)22-19(35-14(3)31)18(34-13(2)30)15(36-22)11-33-39(32,37-23(4,5)6)38-24(7,8)9/h10,12,15,18-19,22H,1,11H2,2-9H3,(H2,25,26,27). The van der Waals surface area contributed by atoms with Gasteiger partial charge in [-0.25, -0.2) is 19.5 Å². The van der Waals surface area contributed by atoms with Gasteiger partial charge >= 0.3 is 19.8 Å². The molecule has 15 heteroatoms. The molecule has 4 unspecified atom stereocenters. The SMILES string of the molecule is C=Cc1nc2c(N)ncnc2n1C1OC(COP(=O)(OC(C)(C)C)OC(C)(C)C)C(OC(C)=O)C1OC(C)=O. The molecule has 2 aromatic rings. The monoisotopic (exact) mass is 569 g/mol. The van der Waals surface area contributed by atoms with Gasteiger partial charge in [0.1, 0.15) is 18.3 Å². The normalized spacial score (nSPS) is 22.2. The summed E-state index contributed by atoms with van der Waals surface area (Å²) in [6.45, 7) is 16.0. The fourth-order valence-electron chi connectivity index (χ4n) is 3.95. The molecule has 4 atom stereocenters. The Morgan fingerprint density at radius 1 is 1.08 bits per heavy atom. The van der Waals surface area contributed by atoms with Gasteiger partial charge < -0.3 is 19.9 Å². The lowest BCUT2D eigenvalue weighted by atomic mass is 10.1. The van der Waals surface area contributed by atoms with Crippen LogP contribution in [0, 0.1) is 0 Å². The second-order valence-corrected chi connectivity index (χ2v) is 12.4. The minimum absolute atomic E-state index is 0.111. The fourth-order valence-corrected chi connectivity index (χ4v) is 5.76. The van der Waals surface area contributed by atoms with Crippen molar-refractivity contribution in [3.05, 3.63) is 18.7 Å². The van der Waals surface area contributed by atoms with Crippen molar-refractivity contribution in [3.63, 3.8) is 0 Å². The van der Waals surface area contributed by atoms with Gasteiger partial charge in [0.05, 0.1) is 17.8 Å². The average Bonchev–Trinajstić information content (AvgIpc) is 3.28. The number of aromatic nitrogens is 4. The minimum Gasteiger partial charge on any atom is -0.456 e. The highest BCUT2D eigenvalue weighted by atomic mass is 31.2. The molecule has 0 amide bonds. The molecule has 0 saturated carbocycles. The van der Waals surface area contributed by atoms with Gasteiger partial charge in [-0.2, -0.15) is 0 Å². The van der Waals surface area contributed by atoms with Crippen LogP contribution in [0.3, 0.4) is 0 Å². The summed E-state index contributed by atoms with van der Waals surface area (Å²) < 4.78 is 49.6. The third kappa shape index (κ3) is 7.61. The number of carbonyl (C=O) groups is 2. The summed E-state index contributed by atoms with van der Waals surface area (Å²) in [7, 11) is -4.16. The van der Waals surface area contributed by atoms with E-state index in [9.17, 15) is 14.2 Å². The summed E-state index contributed by atoms with van der Waals surface area (Å²) in [5.41, 5.74) is 4.75. The van der Waals surface area contributed by atoms with Crippen molar-refractivity contribution in [2.24, 2.45) is 0 Å². The van der Waals surface area contributed by atoms with Crippen LogP contribution < -0.4 is 5.73 Å².